The fraction of sp³-hybridized carbons (Fsp3) is 0.333. The van der Waals surface area contributed by atoms with Gasteiger partial charge in [0.1, 0.15) is 5.75 Å². The highest BCUT2D eigenvalue weighted by Crippen LogP contribution is 2.20. The van der Waals surface area contributed by atoms with Crippen LogP contribution in [0.5, 0.6) is 5.75 Å². The van der Waals surface area contributed by atoms with Crippen LogP contribution in [-0.4, -0.2) is 42.8 Å². The SMILES string of the molecule is COc1ccccc1-n1ccnc(N2CCNCC2)c1=O. The number of benzene rings is 1. The van der Waals surface area contributed by atoms with Gasteiger partial charge in [-0.15, -0.1) is 0 Å². The minimum absolute atomic E-state index is 0.121. The first-order valence-corrected chi connectivity index (χ1v) is 6.98. The molecule has 0 spiro atoms. The standard InChI is InChI=1S/C15H18N4O2/c1-21-13-5-3-2-4-12(13)19-11-8-17-14(15(19)20)18-9-6-16-7-10-18/h2-5,8,11,16H,6-7,9-10H2,1H3. The molecule has 0 unspecified atom stereocenters. The van der Waals surface area contributed by atoms with E-state index in [4.69, 9.17) is 4.74 Å². The average molecular weight is 286 g/mol. The van der Waals surface area contributed by atoms with E-state index in [9.17, 15) is 4.79 Å². The van der Waals surface area contributed by atoms with Crippen LogP contribution in [0.3, 0.4) is 0 Å². The number of piperazine rings is 1. The van der Waals surface area contributed by atoms with Crippen LogP contribution < -0.4 is 20.5 Å². The number of rotatable bonds is 3. The van der Waals surface area contributed by atoms with Crippen LogP contribution in [0.1, 0.15) is 0 Å². The average Bonchev–Trinajstić information content (AvgIpc) is 2.56. The van der Waals surface area contributed by atoms with Crippen LogP contribution in [0.2, 0.25) is 0 Å². The van der Waals surface area contributed by atoms with Gasteiger partial charge in [0, 0.05) is 38.6 Å². The molecule has 1 aromatic heterocycles. The van der Waals surface area contributed by atoms with Gasteiger partial charge in [-0.1, -0.05) is 12.1 Å². The smallest absolute Gasteiger partial charge is 0.298 e. The summed E-state index contributed by atoms with van der Waals surface area (Å²) < 4.78 is 6.92. The van der Waals surface area contributed by atoms with Gasteiger partial charge in [0.25, 0.3) is 5.56 Å². The van der Waals surface area contributed by atoms with Crippen molar-refractivity contribution in [2.75, 3.05) is 38.2 Å². The molecule has 2 heterocycles. The molecule has 0 bridgehead atoms. The lowest BCUT2D eigenvalue weighted by Gasteiger charge is -2.28. The Morgan fingerprint density at radius 1 is 1.24 bits per heavy atom. The lowest BCUT2D eigenvalue weighted by molar-refractivity contribution is 0.412. The molecule has 21 heavy (non-hydrogen) atoms. The Morgan fingerprint density at radius 2 is 2.00 bits per heavy atom. The van der Waals surface area contributed by atoms with Crippen LogP contribution in [0.25, 0.3) is 5.69 Å². The quantitative estimate of drug-likeness (QED) is 0.898. The molecule has 6 nitrogen and oxygen atoms in total. The van der Waals surface area contributed by atoms with Gasteiger partial charge in [0.15, 0.2) is 5.82 Å². The molecule has 1 aromatic carbocycles. The van der Waals surface area contributed by atoms with Gasteiger partial charge in [0.05, 0.1) is 12.8 Å². The highest BCUT2D eigenvalue weighted by atomic mass is 16.5. The molecule has 0 radical (unpaired) electrons. The molecule has 3 rings (SSSR count). The van der Waals surface area contributed by atoms with Gasteiger partial charge >= 0.3 is 0 Å². The lowest BCUT2D eigenvalue weighted by atomic mass is 10.3. The first-order valence-electron chi connectivity index (χ1n) is 6.98. The molecule has 0 aliphatic carbocycles. The summed E-state index contributed by atoms with van der Waals surface area (Å²) in [6.45, 7) is 3.31. The molecule has 1 aliphatic rings. The van der Waals surface area contributed by atoms with Crippen LogP contribution in [-0.2, 0) is 0 Å². The summed E-state index contributed by atoms with van der Waals surface area (Å²) >= 11 is 0. The Balaban J connectivity index is 2.06. The molecule has 0 atom stereocenters. The van der Waals surface area contributed by atoms with Gasteiger partial charge in [-0.05, 0) is 12.1 Å². The molecule has 0 amide bonds. The molecule has 1 fully saturated rings. The van der Waals surface area contributed by atoms with E-state index in [1.807, 2.05) is 29.2 Å². The van der Waals surface area contributed by atoms with Crippen LogP contribution in [0, 0.1) is 0 Å². The van der Waals surface area contributed by atoms with E-state index in [0.717, 1.165) is 31.9 Å². The minimum atomic E-state index is -0.121. The number of hydrogen-bond donors (Lipinski definition) is 1. The Morgan fingerprint density at radius 3 is 2.76 bits per heavy atom. The van der Waals surface area contributed by atoms with Crippen LogP contribution in [0.15, 0.2) is 41.5 Å². The fourth-order valence-corrected chi connectivity index (χ4v) is 2.51. The Labute approximate surface area is 123 Å². The highest BCUT2D eigenvalue weighted by Gasteiger charge is 2.17. The fourth-order valence-electron chi connectivity index (χ4n) is 2.51. The third kappa shape index (κ3) is 2.62. The third-order valence-corrected chi connectivity index (χ3v) is 3.58. The summed E-state index contributed by atoms with van der Waals surface area (Å²) in [5, 5.41) is 3.27. The van der Waals surface area contributed by atoms with Crippen molar-refractivity contribution in [2.24, 2.45) is 0 Å². The molecule has 110 valence electrons. The summed E-state index contributed by atoms with van der Waals surface area (Å²) in [6.07, 6.45) is 3.33. The van der Waals surface area contributed by atoms with Crippen molar-refractivity contribution >= 4 is 5.82 Å². The van der Waals surface area contributed by atoms with E-state index >= 15 is 0 Å². The molecule has 1 saturated heterocycles. The van der Waals surface area contributed by atoms with Crippen molar-refractivity contribution in [3.05, 3.63) is 47.0 Å². The third-order valence-electron chi connectivity index (χ3n) is 3.58. The summed E-state index contributed by atoms with van der Waals surface area (Å²) in [5.41, 5.74) is 0.604. The topological polar surface area (TPSA) is 59.4 Å². The maximum Gasteiger partial charge on any atom is 0.298 e. The first-order chi connectivity index (χ1) is 10.3. The maximum absolute atomic E-state index is 12.7. The van der Waals surface area contributed by atoms with Crippen molar-refractivity contribution in [1.82, 2.24) is 14.9 Å². The molecular formula is C15H18N4O2. The maximum atomic E-state index is 12.7. The van der Waals surface area contributed by atoms with E-state index in [1.165, 1.54) is 0 Å². The largest absolute Gasteiger partial charge is 0.495 e. The monoisotopic (exact) mass is 286 g/mol. The van der Waals surface area contributed by atoms with Crippen molar-refractivity contribution in [3.63, 3.8) is 0 Å². The van der Waals surface area contributed by atoms with E-state index in [0.29, 0.717) is 11.6 Å². The molecule has 2 aromatic rings. The number of aromatic nitrogens is 2. The number of methoxy groups -OCH3 is 1. The van der Waals surface area contributed by atoms with Crippen LogP contribution >= 0.6 is 0 Å². The summed E-state index contributed by atoms with van der Waals surface area (Å²) in [4.78, 5) is 19.0. The van der Waals surface area contributed by atoms with E-state index in [-0.39, 0.29) is 5.56 Å². The zero-order valence-corrected chi connectivity index (χ0v) is 12.0. The zero-order chi connectivity index (χ0) is 14.7. The molecule has 0 saturated carbocycles. The number of nitrogens with one attached hydrogen (secondary N) is 1. The van der Waals surface area contributed by atoms with E-state index in [1.54, 1.807) is 24.1 Å². The van der Waals surface area contributed by atoms with Gasteiger partial charge in [-0.3, -0.25) is 9.36 Å². The van der Waals surface area contributed by atoms with E-state index in [2.05, 4.69) is 10.3 Å². The van der Waals surface area contributed by atoms with Gasteiger partial charge in [-0.2, -0.15) is 0 Å². The number of hydrogen-bond acceptors (Lipinski definition) is 5. The van der Waals surface area contributed by atoms with Gasteiger partial charge in [-0.25, -0.2) is 4.98 Å². The molecular weight excluding hydrogens is 268 g/mol. The Bertz CT molecular complexity index is 677. The van der Waals surface area contributed by atoms with Crippen molar-refractivity contribution in [2.45, 2.75) is 0 Å². The van der Waals surface area contributed by atoms with Gasteiger partial charge < -0.3 is 15.0 Å². The molecule has 1 N–H and O–H groups in total. The number of ether oxygens (including phenoxy) is 1. The lowest BCUT2D eigenvalue weighted by Crippen LogP contribution is -2.46. The Kier molecular flexibility index (Phi) is 3.87. The summed E-state index contributed by atoms with van der Waals surface area (Å²) in [6, 6.07) is 7.47. The second kappa shape index (κ2) is 5.97. The van der Waals surface area contributed by atoms with E-state index < -0.39 is 0 Å². The molecule has 6 heteroatoms. The van der Waals surface area contributed by atoms with Crippen LogP contribution in [0.4, 0.5) is 5.82 Å². The number of para-hydroxylation sites is 2. The summed E-state index contributed by atoms with van der Waals surface area (Å²) in [5.74, 6) is 1.15. The van der Waals surface area contributed by atoms with Crippen molar-refractivity contribution in [3.8, 4) is 11.4 Å². The van der Waals surface area contributed by atoms with Gasteiger partial charge in [0.2, 0.25) is 0 Å². The number of anilines is 1. The van der Waals surface area contributed by atoms with Crippen molar-refractivity contribution < 1.29 is 4.74 Å². The summed E-state index contributed by atoms with van der Waals surface area (Å²) in [7, 11) is 1.60. The predicted octanol–water partition coefficient (Wildman–Crippen LogP) is 0.651. The Hall–Kier alpha value is -2.34. The number of nitrogens with zero attached hydrogens (tertiary/aromatic N) is 3. The van der Waals surface area contributed by atoms with Crippen molar-refractivity contribution in [1.29, 1.82) is 0 Å². The zero-order valence-electron chi connectivity index (χ0n) is 12.0. The predicted molar refractivity (Wildman–Crippen MR) is 81.5 cm³/mol. The second-order valence-electron chi connectivity index (χ2n) is 4.83. The second-order valence-corrected chi connectivity index (χ2v) is 4.83. The molecule has 1 aliphatic heterocycles. The first kappa shape index (κ1) is 13.6. The highest BCUT2D eigenvalue weighted by molar-refractivity contribution is 5.48. The normalized spacial score (nSPS) is 15.0. The minimum Gasteiger partial charge on any atom is -0.495 e.